The molecule has 1 N–H and O–H groups in total. The van der Waals surface area contributed by atoms with Gasteiger partial charge in [0.2, 0.25) is 0 Å². The number of carbonyl (C=O) groups is 2. The predicted molar refractivity (Wildman–Crippen MR) is 133 cm³/mol. The largest absolute Gasteiger partial charge is 0.445 e. The van der Waals surface area contributed by atoms with Crippen LogP contribution >= 0.6 is 0 Å². The minimum absolute atomic E-state index is 0.0659. The number of alkyl carbamates (subject to hydrolysis) is 1. The zero-order chi connectivity index (χ0) is 24.9. The maximum atomic E-state index is 12.9. The van der Waals surface area contributed by atoms with Gasteiger partial charge in [-0.2, -0.15) is 0 Å². The Balaban J connectivity index is 2.00. The quantitative estimate of drug-likeness (QED) is 0.509. The highest BCUT2D eigenvalue weighted by Gasteiger charge is 2.45. The maximum Gasteiger partial charge on any atom is 0.410 e. The van der Waals surface area contributed by atoms with Crippen molar-refractivity contribution in [2.45, 2.75) is 96.9 Å². The molecule has 1 aliphatic rings. The molecular weight excluding hydrogens is 436 g/mol. The minimum Gasteiger partial charge on any atom is -0.445 e. The summed E-state index contributed by atoms with van der Waals surface area (Å²) in [4.78, 5) is 26.8. The molecule has 1 aliphatic heterocycles. The SMILES string of the molecule is CC(C)(C)OC(=O)N1CC[C@H](O[Si](C)(C)C(C)(C)C)[C@H]1CCNC(=O)OCc1ccccc1. The number of likely N-dealkylation sites (tertiary alicyclic amines) is 1. The van der Waals surface area contributed by atoms with Gasteiger partial charge in [-0.15, -0.1) is 0 Å². The molecule has 1 saturated heterocycles. The second kappa shape index (κ2) is 10.9. The van der Waals surface area contributed by atoms with Crippen LogP contribution in [0.2, 0.25) is 18.1 Å². The number of amides is 2. The fourth-order valence-electron chi connectivity index (χ4n) is 3.50. The van der Waals surface area contributed by atoms with Crippen LogP contribution in [0.15, 0.2) is 30.3 Å². The summed E-state index contributed by atoms with van der Waals surface area (Å²) >= 11 is 0. The number of hydrogen-bond donors (Lipinski definition) is 1. The van der Waals surface area contributed by atoms with E-state index >= 15 is 0 Å². The van der Waals surface area contributed by atoms with E-state index in [1.165, 1.54) is 0 Å². The Morgan fingerprint density at radius 2 is 1.73 bits per heavy atom. The van der Waals surface area contributed by atoms with E-state index in [2.05, 4.69) is 39.2 Å². The van der Waals surface area contributed by atoms with Gasteiger partial charge in [0.25, 0.3) is 0 Å². The van der Waals surface area contributed by atoms with E-state index in [0.29, 0.717) is 19.5 Å². The van der Waals surface area contributed by atoms with Gasteiger partial charge in [-0.1, -0.05) is 51.1 Å². The first-order chi connectivity index (χ1) is 15.2. The molecule has 1 aromatic rings. The van der Waals surface area contributed by atoms with E-state index in [4.69, 9.17) is 13.9 Å². The summed E-state index contributed by atoms with van der Waals surface area (Å²) in [5.74, 6) is 0. The van der Waals surface area contributed by atoms with Crippen molar-refractivity contribution in [1.82, 2.24) is 10.2 Å². The van der Waals surface area contributed by atoms with Crippen LogP contribution in [0.3, 0.4) is 0 Å². The van der Waals surface area contributed by atoms with Gasteiger partial charge >= 0.3 is 12.2 Å². The third-order valence-electron chi connectivity index (χ3n) is 6.29. The number of nitrogens with one attached hydrogen (secondary N) is 1. The average Bonchev–Trinajstić information content (AvgIpc) is 3.07. The standard InChI is InChI=1S/C25H42N2O5Si/c1-24(2,3)31-23(29)27-17-15-21(32-33(7,8)25(4,5)6)20(27)14-16-26-22(28)30-18-19-12-10-9-11-13-19/h9-13,20-21H,14-18H2,1-8H3,(H,26,28)/t20-,21+/m1/s1. The lowest BCUT2D eigenvalue weighted by atomic mass is 10.1. The lowest BCUT2D eigenvalue weighted by Crippen LogP contribution is -2.50. The Labute approximate surface area is 200 Å². The topological polar surface area (TPSA) is 77.1 Å². The van der Waals surface area contributed by atoms with Crippen molar-refractivity contribution >= 4 is 20.5 Å². The molecule has 0 spiro atoms. The molecule has 0 saturated carbocycles. The monoisotopic (exact) mass is 478 g/mol. The molecule has 1 aromatic carbocycles. The van der Waals surface area contributed by atoms with Gasteiger partial charge in [0, 0.05) is 13.1 Å². The van der Waals surface area contributed by atoms with Gasteiger partial charge in [0.1, 0.15) is 12.2 Å². The zero-order valence-corrected chi connectivity index (χ0v) is 22.6. The van der Waals surface area contributed by atoms with Gasteiger partial charge in [0.05, 0.1) is 12.1 Å². The Morgan fingerprint density at radius 1 is 1.09 bits per heavy atom. The summed E-state index contributed by atoms with van der Waals surface area (Å²) in [5, 5.41) is 2.88. The molecule has 2 rings (SSSR count). The molecule has 0 aromatic heterocycles. The van der Waals surface area contributed by atoms with Crippen molar-refractivity contribution in [3.05, 3.63) is 35.9 Å². The Hall–Kier alpha value is -2.06. The lowest BCUT2D eigenvalue weighted by molar-refractivity contribution is 0.0155. The molecule has 0 bridgehead atoms. The number of carbonyl (C=O) groups excluding carboxylic acids is 2. The summed E-state index contributed by atoms with van der Waals surface area (Å²) < 4.78 is 17.6. The van der Waals surface area contributed by atoms with Crippen LogP contribution in [-0.2, 0) is 20.5 Å². The van der Waals surface area contributed by atoms with E-state index in [1.807, 2.05) is 51.1 Å². The van der Waals surface area contributed by atoms with Crippen molar-refractivity contribution in [1.29, 1.82) is 0 Å². The first kappa shape index (κ1) is 27.2. The fraction of sp³-hybridized carbons (Fsp3) is 0.680. The van der Waals surface area contributed by atoms with Crippen molar-refractivity contribution in [2.75, 3.05) is 13.1 Å². The first-order valence-corrected chi connectivity index (χ1v) is 14.7. The maximum absolute atomic E-state index is 12.9. The third-order valence-corrected chi connectivity index (χ3v) is 10.8. The van der Waals surface area contributed by atoms with Crippen LogP contribution in [0.25, 0.3) is 0 Å². The fourth-order valence-corrected chi connectivity index (χ4v) is 4.89. The number of rotatable bonds is 7. The van der Waals surface area contributed by atoms with Gasteiger partial charge in [-0.05, 0) is 57.3 Å². The number of nitrogens with zero attached hydrogens (tertiary/aromatic N) is 1. The second-order valence-electron chi connectivity index (χ2n) is 11.2. The highest BCUT2D eigenvalue weighted by Crippen LogP contribution is 2.39. The van der Waals surface area contributed by atoms with Crippen LogP contribution < -0.4 is 5.32 Å². The van der Waals surface area contributed by atoms with Crippen molar-refractivity contribution in [2.24, 2.45) is 0 Å². The van der Waals surface area contributed by atoms with Crippen LogP contribution in [-0.4, -0.2) is 56.2 Å². The van der Waals surface area contributed by atoms with Crippen LogP contribution in [0.4, 0.5) is 9.59 Å². The second-order valence-corrected chi connectivity index (χ2v) is 16.0. The van der Waals surface area contributed by atoms with E-state index in [9.17, 15) is 9.59 Å². The summed E-state index contributed by atoms with van der Waals surface area (Å²) in [6.07, 6.45) is 0.442. The van der Waals surface area contributed by atoms with Gasteiger partial charge in [-0.3, -0.25) is 0 Å². The summed E-state index contributed by atoms with van der Waals surface area (Å²) in [5.41, 5.74) is 0.363. The molecule has 8 heteroatoms. The van der Waals surface area contributed by atoms with Crippen LogP contribution in [0, 0.1) is 0 Å². The molecular formula is C25H42N2O5Si. The third kappa shape index (κ3) is 8.34. The molecule has 0 unspecified atom stereocenters. The summed E-state index contributed by atoms with van der Waals surface area (Å²) in [7, 11) is -2.02. The van der Waals surface area contributed by atoms with Crippen molar-refractivity contribution in [3.8, 4) is 0 Å². The molecule has 1 heterocycles. The first-order valence-electron chi connectivity index (χ1n) is 11.8. The molecule has 2 atom stereocenters. The van der Waals surface area contributed by atoms with E-state index in [1.54, 1.807) is 4.90 Å². The van der Waals surface area contributed by atoms with Crippen LogP contribution in [0.1, 0.15) is 59.9 Å². The van der Waals surface area contributed by atoms with Crippen molar-refractivity contribution < 1.29 is 23.5 Å². The number of ether oxygens (including phenoxy) is 2. The Kier molecular flexibility index (Phi) is 8.99. The van der Waals surface area contributed by atoms with E-state index in [-0.39, 0.29) is 29.9 Å². The number of benzene rings is 1. The number of hydrogen-bond acceptors (Lipinski definition) is 5. The van der Waals surface area contributed by atoms with Gasteiger partial charge in [0.15, 0.2) is 8.32 Å². The lowest BCUT2D eigenvalue weighted by Gasteiger charge is -2.40. The Bertz CT molecular complexity index is 786. The van der Waals surface area contributed by atoms with E-state index < -0.39 is 20.0 Å². The molecule has 1 fully saturated rings. The zero-order valence-electron chi connectivity index (χ0n) is 21.6. The summed E-state index contributed by atoms with van der Waals surface area (Å²) in [6, 6.07) is 9.39. The minimum atomic E-state index is -2.02. The highest BCUT2D eigenvalue weighted by molar-refractivity contribution is 6.74. The molecule has 0 aliphatic carbocycles. The highest BCUT2D eigenvalue weighted by atomic mass is 28.4. The predicted octanol–water partition coefficient (Wildman–Crippen LogP) is 5.70. The molecule has 2 amide bonds. The van der Waals surface area contributed by atoms with E-state index in [0.717, 1.165) is 12.0 Å². The molecule has 0 radical (unpaired) electrons. The molecule has 33 heavy (non-hydrogen) atoms. The van der Waals surface area contributed by atoms with Crippen molar-refractivity contribution in [3.63, 3.8) is 0 Å². The molecule has 186 valence electrons. The summed E-state index contributed by atoms with van der Waals surface area (Å²) in [6.45, 7) is 17.8. The normalized spacial score (nSPS) is 19.3. The van der Waals surface area contributed by atoms with Gasteiger partial charge < -0.3 is 24.1 Å². The average molecular weight is 479 g/mol. The van der Waals surface area contributed by atoms with Crippen LogP contribution in [0.5, 0.6) is 0 Å². The van der Waals surface area contributed by atoms with Gasteiger partial charge in [-0.25, -0.2) is 9.59 Å². The smallest absolute Gasteiger partial charge is 0.410 e. The Morgan fingerprint density at radius 3 is 2.30 bits per heavy atom. The molecule has 7 nitrogen and oxygen atoms in total.